The van der Waals surface area contributed by atoms with Gasteiger partial charge in [0.2, 0.25) is 0 Å². The summed E-state index contributed by atoms with van der Waals surface area (Å²) in [6, 6.07) is 3.64. The van der Waals surface area contributed by atoms with E-state index in [9.17, 15) is 9.59 Å². The summed E-state index contributed by atoms with van der Waals surface area (Å²) in [7, 11) is 0. The van der Waals surface area contributed by atoms with E-state index in [-0.39, 0.29) is 12.5 Å². The summed E-state index contributed by atoms with van der Waals surface area (Å²) < 4.78 is 5.42. The summed E-state index contributed by atoms with van der Waals surface area (Å²) in [6.45, 7) is 2.74. The number of hydrogen-bond acceptors (Lipinski definition) is 4. The number of aromatic nitrogens is 1. The number of carbonyl (C=O) groups excluding carboxylic acids is 1. The highest BCUT2D eigenvalue weighted by molar-refractivity contribution is 5.82. The van der Waals surface area contributed by atoms with Crippen molar-refractivity contribution in [1.29, 1.82) is 0 Å². The number of carboxylic acids is 1. The summed E-state index contributed by atoms with van der Waals surface area (Å²) in [4.78, 5) is 29.1. The second-order valence-electron chi connectivity index (χ2n) is 5.32. The van der Waals surface area contributed by atoms with Crippen molar-refractivity contribution in [2.75, 3.05) is 13.2 Å². The molecule has 1 saturated heterocycles. The second kappa shape index (κ2) is 7.17. The molecule has 21 heavy (non-hydrogen) atoms. The zero-order chi connectivity index (χ0) is 15.2. The third-order valence-electron chi connectivity index (χ3n) is 3.56. The molecule has 1 aromatic heterocycles. The molecule has 1 amide bonds. The van der Waals surface area contributed by atoms with Crippen molar-refractivity contribution in [2.24, 2.45) is 5.92 Å². The van der Waals surface area contributed by atoms with Gasteiger partial charge in [0.25, 0.3) is 5.91 Å². The fourth-order valence-electron chi connectivity index (χ4n) is 2.33. The number of carboxylic acid groups (broad SMARTS) is 1. The second-order valence-corrected chi connectivity index (χ2v) is 5.32. The van der Waals surface area contributed by atoms with Crippen LogP contribution in [0, 0.1) is 5.92 Å². The molecule has 0 aromatic carbocycles. The first kappa shape index (κ1) is 15.4. The van der Waals surface area contributed by atoms with Crippen LogP contribution >= 0.6 is 0 Å². The quantitative estimate of drug-likeness (QED) is 0.855. The Balaban J connectivity index is 2.09. The Morgan fingerprint density at radius 1 is 1.48 bits per heavy atom. The average molecular weight is 292 g/mol. The van der Waals surface area contributed by atoms with Crippen molar-refractivity contribution < 1.29 is 19.4 Å². The van der Waals surface area contributed by atoms with Gasteiger partial charge in [0.1, 0.15) is 6.10 Å². The lowest BCUT2D eigenvalue weighted by molar-refractivity contribution is -0.146. The first-order chi connectivity index (χ1) is 10.1. The van der Waals surface area contributed by atoms with E-state index in [1.54, 1.807) is 24.2 Å². The van der Waals surface area contributed by atoms with Crippen molar-refractivity contribution in [3.63, 3.8) is 0 Å². The number of hydrogen-bond donors (Lipinski definition) is 1. The zero-order valence-electron chi connectivity index (χ0n) is 12.1. The lowest BCUT2D eigenvalue weighted by Gasteiger charge is -2.27. The van der Waals surface area contributed by atoms with Crippen LogP contribution in [0.2, 0.25) is 0 Å². The molecular formula is C15H20N2O4. The Morgan fingerprint density at radius 2 is 2.19 bits per heavy atom. The van der Waals surface area contributed by atoms with Gasteiger partial charge in [0, 0.05) is 32.1 Å². The van der Waals surface area contributed by atoms with E-state index in [1.807, 2.05) is 12.1 Å². The predicted molar refractivity (Wildman–Crippen MR) is 75.4 cm³/mol. The zero-order valence-corrected chi connectivity index (χ0v) is 12.1. The van der Waals surface area contributed by atoms with Crippen molar-refractivity contribution in [3.8, 4) is 0 Å². The average Bonchev–Trinajstić information content (AvgIpc) is 3.01. The SMILES string of the molecule is CC(CN(Cc1ccncc1)C(=O)C1CCCO1)C(=O)O. The number of pyridine rings is 1. The van der Waals surface area contributed by atoms with Crippen LogP contribution in [-0.2, 0) is 20.9 Å². The van der Waals surface area contributed by atoms with Gasteiger partial charge in [-0.3, -0.25) is 14.6 Å². The van der Waals surface area contributed by atoms with E-state index in [0.29, 0.717) is 19.6 Å². The molecule has 2 atom stereocenters. The minimum atomic E-state index is -0.908. The highest BCUT2D eigenvalue weighted by Crippen LogP contribution is 2.17. The molecule has 1 N–H and O–H groups in total. The summed E-state index contributed by atoms with van der Waals surface area (Å²) >= 11 is 0. The van der Waals surface area contributed by atoms with Crippen LogP contribution in [0.25, 0.3) is 0 Å². The van der Waals surface area contributed by atoms with Gasteiger partial charge in [0.05, 0.1) is 5.92 Å². The fourth-order valence-corrected chi connectivity index (χ4v) is 2.33. The molecule has 0 saturated carbocycles. The van der Waals surface area contributed by atoms with E-state index in [0.717, 1.165) is 12.0 Å². The predicted octanol–water partition coefficient (Wildman–Crippen LogP) is 1.31. The molecule has 0 bridgehead atoms. The van der Waals surface area contributed by atoms with Gasteiger partial charge in [-0.15, -0.1) is 0 Å². The van der Waals surface area contributed by atoms with E-state index in [2.05, 4.69) is 4.98 Å². The minimum Gasteiger partial charge on any atom is -0.481 e. The molecule has 0 spiro atoms. The number of rotatable bonds is 6. The number of carbonyl (C=O) groups is 2. The Morgan fingerprint density at radius 3 is 2.76 bits per heavy atom. The fraction of sp³-hybridized carbons (Fsp3) is 0.533. The maximum Gasteiger partial charge on any atom is 0.308 e. The molecule has 6 nitrogen and oxygen atoms in total. The van der Waals surface area contributed by atoms with Crippen LogP contribution in [0.1, 0.15) is 25.3 Å². The van der Waals surface area contributed by atoms with E-state index in [4.69, 9.17) is 9.84 Å². The molecule has 1 aliphatic heterocycles. The molecule has 6 heteroatoms. The molecule has 2 heterocycles. The van der Waals surface area contributed by atoms with Gasteiger partial charge in [0.15, 0.2) is 0 Å². The van der Waals surface area contributed by atoms with Gasteiger partial charge in [-0.1, -0.05) is 6.92 Å². The van der Waals surface area contributed by atoms with Gasteiger partial charge >= 0.3 is 5.97 Å². The lowest BCUT2D eigenvalue weighted by Crippen LogP contribution is -2.42. The largest absolute Gasteiger partial charge is 0.481 e. The van der Waals surface area contributed by atoms with Crippen molar-refractivity contribution in [3.05, 3.63) is 30.1 Å². The van der Waals surface area contributed by atoms with Crippen LogP contribution in [0.3, 0.4) is 0 Å². The molecule has 0 radical (unpaired) electrons. The normalized spacial score (nSPS) is 19.2. The van der Waals surface area contributed by atoms with Crippen molar-refractivity contribution >= 4 is 11.9 Å². The van der Waals surface area contributed by atoms with Crippen LogP contribution < -0.4 is 0 Å². The Labute approximate surface area is 123 Å². The van der Waals surface area contributed by atoms with Crippen molar-refractivity contribution in [1.82, 2.24) is 9.88 Å². The summed E-state index contributed by atoms with van der Waals surface area (Å²) in [5.41, 5.74) is 0.925. The molecule has 1 aliphatic rings. The van der Waals surface area contributed by atoms with Gasteiger partial charge < -0.3 is 14.7 Å². The molecule has 2 unspecified atom stereocenters. The highest BCUT2D eigenvalue weighted by atomic mass is 16.5. The first-order valence-electron chi connectivity index (χ1n) is 7.10. The maximum atomic E-state index is 12.5. The molecule has 2 rings (SSSR count). The Hall–Kier alpha value is -1.95. The van der Waals surface area contributed by atoms with Crippen LogP contribution in [-0.4, -0.2) is 46.1 Å². The van der Waals surface area contributed by atoms with Crippen LogP contribution in [0.5, 0.6) is 0 Å². The maximum absolute atomic E-state index is 12.5. The summed E-state index contributed by atoms with van der Waals surface area (Å²) in [5, 5.41) is 9.06. The molecule has 1 fully saturated rings. The standard InChI is InChI=1S/C15H20N2O4/c1-11(15(19)20)9-17(10-12-4-6-16-7-5-12)14(18)13-3-2-8-21-13/h4-7,11,13H,2-3,8-10H2,1H3,(H,19,20). The number of nitrogens with zero attached hydrogens (tertiary/aromatic N) is 2. The van der Waals surface area contributed by atoms with Gasteiger partial charge in [-0.25, -0.2) is 0 Å². The van der Waals surface area contributed by atoms with Gasteiger partial charge in [-0.05, 0) is 30.5 Å². The molecular weight excluding hydrogens is 272 g/mol. The first-order valence-corrected chi connectivity index (χ1v) is 7.10. The lowest BCUT2D eigenvalue weighted by atomic mass is 10.1. The third-order valence-corrected chi connectivity index (χ3v) is 3.56. The third kappa shape index (κ3) is 4.26. The number of aliphatic carboxylic acids is 1. The molecule has 114 valence electrons. The van der Waals surface area contributed by atoms with Gasteiger partial charge in [-0.2, -0.15) is 0 Å². The Bertz CT molecular complexity index is 486. The van der Waals surface area contributed by atoms with Crippen molar-refractivity contribution in [2.45, 2.75) is 32.4 Å². The smallest absolute Gasteiger partial charge is 0.308 e. The number of amides is 1. The summed E-state index contributed by atoms with van der Waals surface area (Å²) in [5.74, 6) is -1.65. The van der Waals surface area contributed by atoms with E-state index in [1.165, 1.54) is 0 Å². The monoisotopic (exact) mass is 292 g/mol. The van der Waals surface area contributed by atoms with E-state index < -0.39 is 18.0 Å². The summed E-state index contributed by atoms with van der Waals surface area (Å²) in [6.07, 6.45) is 4.45. The van der Waals surface area contributed by atoms with Crippen LogP contribution in [0.15, 0.2) is 24.5 Å². The Kier molecular flexibility index (Phi) is 5.27. The topological polar surface area (TPSA) is 79.7 Å². The number of ether oxygens (including phenoxy) is 1. The molecule has 1 aromatic rings. The highest BCUT2D eigenvalue weighted by Gasteiger charge is 2.30. The minimum absolute atomic E-state index is 0.127. The van der Waals surface area contributed by atoms with E-state index >= 15 is 0 Å². The van der Waals surface area contributed by atoms with Crippen LogP contribution in [0.4, 0.5) is 0 Å². The molecule has 0 aliphatic carbocycles.